The quantitative estimate of drug-likeness (QED) is 0.383. The summed E-state index contributed by atoms with van der Waals surface area (Å²) < 4.78 is 6.37. The van der Waals surface area contributed by atoms with Crippen molar-refractivity contribution in [1.82, 2.24) is 15.0 Å². The van der Waals surface area contributed by atoms with Gasteiger partial charge in [0.05, 0.1) is 11.6 Å². The van der Waals surface area contributed by atoms with Crippen molar-refractivity contribution in [3.63, 3.8) is 0 Å². The highest BCUT2D eigenvalue weighted by atomic mass is 28.4. The third-order valence-corrected chi connectivity index (χ3v) is 6.06. The summed E-state index contributed by atoms with van der Waals surface area (Å²) in [6, 6.07) is 14.0. The van der Waals surface area contributed by atoms with Gasteiger partial charge in [-0.15, -0.1) is 15.0 Å². The van der Waals surface area contributed by atoms with Gasteiger partial charge in [0, 0.05) is 0 Å². The molecule has 0 amide bonds. The van der Waals surface area contributed by atoms with E-state index in [0.29, 0.717) is 17.0 Å². The first kappa shape index (κ1) is 22.0. The number of fused-ring (bicyclic) bond motifs is 1. The van der Waals surface area contributed by atoms with Crippen LogP contribution in [0.25, 0.3) is 16.7 Å². The number of rotatable bonds is 9. The first-order valence-electron chi connectivity index (χ1n) is 10.9. The van der Waals surface area contributed by atoms with Gasteiger partial charge in [-0.2, -0.15) is 5.26 Å². The van der Waals surface area contributed by atoms with E-state index < -0.39 is 8.32 Å². The van der Waals surface area contributed by atoms with Gasteiger partial charge >= 0.3 is 0 Å². The molecule has 3 aromatic rings. The van der Waals surface area contributed by atoms with Gasteiger partial charge in [-0.25, -0.2) is 0 Å². The third kappa shape index (κ3) is 5.48. The van der Waals surface area contributed by atoms with E-state index in [1.165, 1.54) is 31.2 Å². The van der Waals surface area contributed by atoms with Crippen LogP contribution in [-0.4, -0.2) is 23.3 Å². The summed E-state index contributed by atoms with van der Waals surface area (Å²) in [5, 5.41) is 18.5. The molecule has 0 bridgehead atoms. The molecule has 30 heavy (non-hydrogen) atoms. The Balaban J connectivity index is 2.01. The Bertz CT molecular complexity index is 1050. The second-order valence-electron chi connectivity index (χ2n) is 8.94. The number of nitriles is 1. The van der Waals surface area contributed by atoms with Gasteiger partial charge in [-0.1, -0.05) is 45.6 Å². The van der Waals surface area contributed by atoms with Crippen LogP contribution in [0.4, 0.5) is 0 Å². The molecule has 0 saturated carbocycles. The lowest BCUT2D eigenvalue weighted by atomic mass is 9.92. The molecule has 0 aliphatic rings. The van der Waals surface area contributed by atoms with Crippen molar-refractivity contribution in [2.75, 3.05) is 0 Å². The second kappa shape index (κ2) is 9.44. The zero-order chi connectivity index (χ0) is 21.7. The number of benzene rings is 2. The zero-order valence-corrected chi connectivity index (χ0v) is 19.8. The lowest BCUT2D eigenvalue weighted by Gasteiger charge is -2.22. The molecule has 2 aromatic carbocycles. The molecule has 6 heteroatoms. The molecule has 1 atom stereocenters. The summed E-state index contributed by atoms with van der Waals surface area (Å²) in [4.78, 5) is 1.66. The standard InChI is InChI=1S/C24H32N4OSi/c1-6-8-9-18(7-2)14-19-11-13-24(29-30(3,4)5)23(16-19)28-26-21-12-10-20(17-25)15-22(21)27-28/h10-13,15-16,18H,6-9,14H2,1-5H3. The van der Waals surface area contributed by atoms with Crippen LogP contribution < -0.4 is 4.43 Å². The SMILES string of the molecule is CCCCC(CC)Cc1ccc(O[Si](C)(C)C)c(-n2nc3ccc(C#N)cc3n2)c1. The van der Waals surface area contributed by atoms with Gasteiger partial charge in [0.15, 0.2) is 0 Å². The van der Waals surface area contributed by atoms with Crippen LogP contribution >= 0.6 is 0 Å². The molecular weight excluding hydrogens is 388 g/mol. The maximum Gasteiger partial charge on any atom is 0.242 e. The number of nitrogens with zero attached hydrogens (tertiary/aromatic N) is 4. The smallest absolute Gasteiger partial charge is 0.242 e. The molecule has 1 unspecified atom stereocenters. The average Bonchev–Trinajstić information content (AvgIpc) is 3.13. The molecule has 1 heterocycles. The summed E-state index contributed by atoms with van der Waals surface area (Å²) in [6.45, 7) is 11.1. The lowest BCUT2D eigenvalue weighted by molar-refractivity contribution is 0.448. The average molecular weight is 421 g/mol. The van der Waals surface area contributed by atoms with Crippen LogP contribution in [0.1, 0.15) is 50.7 Å². The number of aromatic nitrogens is 3. The zero-order valence-electron chi connectivity index (χ0n) is 18.8. The van der Waals surface area contributed by atoms with Crippen molar-refractivity contribution in [3.05, 3.63) is 47.5 Å². The highest BCUT2D eigenvalue weighted by Gasteiger charge is 2.21. The first-order valence-corrected chi connectivity index (χ1v) is 14.3. The van der Waals surface area contributed by atoms with Crippen LogP contribution in [0.5, 0.6) is 5.75 Å². The molecule has 0 spiro atoms. The Morgan fingerprint density at radius 2 is 1.83 bits per heavy atom. The fraction of sp³-hybridized carbons (Fsp3) is 0.458. The molecular formula is C24H32N4OSi. The van der Waals surface area contributed by atoms with Gasteiger partial charge in [0.25, 0.3) is 0 Å². The second-order valence-corrected chi connectivity index (χ2v) is 13.4. The topological polar surface area (TPSA) is 63.7 Å². The Labute approximate surface area is 180 Å². The fourth-order valence-corrected chi connectivity index (χ4v) is 4.46. The summed E-state index contributed by atoms with van der Waals surface area (Å²) in [6.07, 6.45) is 6.00. The van der Waals surface area contributed by atoms with Crippen molar-refractivity contribution >= 4 is 19.4 Å². The van der Waals surface area contributed by atoms with E-state index in [1.807, 2.05) is 6.07 Å². The maximum atomic E-state index is 9.18. The molecule has 1 aromatic heterocycles. The predicted molar refractivity (Wildman–Crippen MR) is 125 cm³/mol. The van der Waals surface area contributed by atoms with Crippen LogP contribution in [0.15, 0.2) is 36.4 Å². The van der Waals surface area contributed by atoms with E-state index in [-0.39, 0.29) is 0 Å². The van der Waals surface area contributed by atoms with Crippen molar-refractivity contribution in [2.24, 2.45) is 5.92 Å². The fourth-order valence-electron chi connectivity index (χ4n) is 3.63. The summed E-state index contributed by atoms with van der Waals surface area (Å²) >= 11 is 0. The minimum absolute atomic E-state index is 0.587. The number of hydrogen-bond donors (Lipinski definition) is 0. The summed E-state index contributed by atoms with van der Waals surface area (Å²) in [5.41, 5.74) is 4.23. The van der Waals surface area contributed by atoms with Gasteiger partial charge in [-0.3, -0.25) is 0 Å². The number of unbranched alkanes of at least 4 members (excludes halogenated alkanes) is 1. The van der Waals surface area contributed by atoms with Crippen molar-refractivity contribution in [3.8, 4) is 17.5 Å². The lowest BCUT2D eigenvalue weighted by Crippen LogP contribution is -2.30. The van der Waals surface area contributed by atoms with E-state index in [9.17, 15) is 5.26 Å². The monoisotopic (exact) mass is 420 g/mol. The van der Waals surface area contributed by atoms with Crippen LogP contribution in [-0.2, 0) is 6.42 Å². The summed E-state index contributed by atoms with van der Waals surface area (Å²) in [7, 11) is -1.80. The van der Waals surface area contributed by atoms with Gasteiger partial charge in [0.1, 0.15) is 22.5 Å². The molecule has 0 aliphatic heterocycles. The number of hydrogen-bond acceptors (Lipinski definition) is 4. The highest BCUT2D eigenvalue weighted by molar-refractivity contribution is 6.70. The van der Waals surface area contributed by atoms with Crippen LogP contribution in [0.2, 0.25) is 19.6 Å². The van der Waals surface area contributed by atoms with E-state index in [4.69, 9.17) is 4.43 Å². The van der Waals surface area contributed by atoms with Crippen molar-refractivity contribution < 1.29 is 4.43 Å². The summed E-state index contributed by atoms with van der Waals surface area (Å²) in [5.74, 6) is 1.50. The largest absolute Gasteiger partial charge is 0.543 e. The molecule has 3 rings (SSSR count). The Kier molecular flexibility index (Phi) is 6.94. The predicted octanol–water partition coefficient (Wildman–Crippen LogP) is 6.26. The Hall–Kier alpha value is -2.65. The van der Waals surface area contributed by atoms with Gasteiger partial charge in [0.2, 0.25) is 8.32 Å². The molecule has 5 nitrogen and oxygen atoms in total. The molecule has 0 fully saturated rings. The minimum atomic E-state index is -1.80. The molecule has 0 aliphatic carbocycles. The molecule has 158 valence electrons. The van der Waals surface area contributed by atoms with Crippen LogP contribution in [0.3, 0.4) is 0 Å². The van der Waals surface area contributed by atoms with Gasteiger partial charge < -0.3 is 4.43 Å². The minimum Gasteiger partial charge on any atom is -0.543 e. The third-order valence-electron chi connectivity index (χ3n) is 5.23. The van der Waals surface area contributed by atoms with E-state index in [1.54, 1.807) is 16.9 Å². The maximum absolute atomic E-state index is 9.18. The Morgan fingerprint density at radius 3 is 2.50 bits per heavy atom. The molecule has 0 N–H and O–H groups in total. The molecule has 0 radical (unpaired) electrons. The normalized spacial score (nSPS) is 12.7. The van der Waals surface area contributed by atoms with E-state index >= 15 is 0 Å². The Morgan fingerprint density at radius 1 is 1.07 bits per heavy atom. The van der Waals surface area contributed by atoms with E-state index in [0.717, 1.165) is 23.4 Å². The van der Waals surface area contributed by atoms with Gasteiger partial charge in [-0.05, 0) is 67.9 Å². The van der Waals surface area contributed by atoms with Crippen molar-refractivity contribution in [1.29, 1.82) is 5.26 Å². The highest BCUT2D eigenvalue weighted by Crippen LogP contribution is 2.29. The molecule has 0 saturated heterocycles. The van der Waals surface area contributed by atoms with Crippen LogP contribution in [0, 0.1) is 17.2 Å². The van der Waals surface area contributed by atoms with Crippen molar-refractivity contribution in [2.45, 2.75) is 65.6 Å². The first-order chi connectivity index (χ1) is 14.3. The van der Waals surface area contributed by atoms with E-state index in [2.05, 4.69) is 68.0 Å².